The van der Waals surface area contributed by atoms with Gasteiger partial charge >= 0.3 is 0 Å². The maximum absolute atomic E-state index is 4.52. The van der Waals surface area contributed by atoms with Crippen molar-refractivity contribution >= 4 is 17.3 Å². The maximum Gasteiger partial charge on any atom is 0.203 e. The van der Waals surface area contributed by atoms with Gasteiger partial charge in [0.15, 0.2) is 0 Å². The minimum absolute atomic E-state index is 0.239. The summed E-state index contributed by atoms with van der Waals surface area (Å²) in [4.78, 5) is 10.3. The first-order valence-electron chi connectivity index (χ1n) is 6.25. The van der Waals surface area contributed by atoms with Gasteiger partial charge in [-0.2, -0.15) is 0 Å². The van der Waals surface area contributed by atoms with E-state index in [1.807, 2.05) is 13.8 Å². The third kappa shape index (κ3) is 2.56. The predicted octanol–water partition coefficient (Wildman–Crippen LogP) is 3.46. The first kappa shape index (κ1) is 13.1. The van der Waals surface area contributed by atoms with Gasteiger partial charge in [0, 0.05) is 17.6 Å². The molecule has 18 heavy (non-hydrogen) atoms. The summed E-state index contributed by atoms with van der Waals surface area (Å²) in [6, 6.07) is 0.239. The van der Waals surface area contributed by atoms with Gasteiger partial charge in [0.05, 0.1) is 22.4 Å². The van der Waals surface area contributed by atoms with Crippen LogP contribution in [0.15, 0.2) is 6.20 Å². The molecule has 0 aliphatic rings. The summed E-state index contributed by atoms with van der Waals surface area (Å²) in [7, 11) is 0. The van der Waals surface area contributed by atoms with Crippen LogP contribution in [0.25, 0.3) is 0 Å². The molecule has 2 rings (SSSR count). The Morgan fingerprint density at radius 1 is 1.33 bits per heavy atom. The van der Waals surface area contributed by atoms with Gasteiger partial charge in [-0.05, 0) is 34.6 Å². The highest BCUT2D eigenvalue weighted by Crippen LogP contribution is 2.27. The summed E-state index contributed by atoms with van der Waals surface area (Å²) in [6.45, 7) is 11.3. The van der Waals surface area contributed by atoms with Crippen molar-refractivity contribution in [2.24, 2.45) is 0 Å². The highest BCUT2D eigenvalue weighted by Gasteiger charge is 2.15. The molecule has 0 aromatic carbocycles. The second-order valence-electron chi connectivity index (χ2n) is 4.54. The number of aryl methyl sites for hydroxylation is 4. The van der Waals surface area contributed by atoms with E-state index in [1.165, 1.54) is 4.88 Å². The van der Waals surface area contributed by atoms with Crippen molar-refractivity contribution in [2.45, 2.75) is 47.2 Å². The number of hydrogen-bond donors (Lipinski definition) is 1. The second kappa shape index (κ2) is 5.10. The van der Waals surface area contributed by atoms with Gasteiger partial charge in [-0.3, -0.25) is 0 Å². The van der Waals surface area contributed by atoms with Crippen LogP contribution in [0, 0.1) is 20.8 Å². The molecule has 4 nitrogen and oxygen atoms in total. The molecule has 2 aromatic heterocycles. The fourth-order valence-corrected chi connectivity index (χ4v) is 3.04. The monoisotopic (exact) mass is 264 g/mol. The molecule has 2 aromatic rings. The van der Waals surface area contributed by atoms with E-state index in [0.717, 1.165) is 28.9 Å². The van der Waals surface area contributed by atoms with Gasteiger partial charge in [0.1, 0.15) is 0 Å². The molecule has 0 saturated heterocycles. The van der Waals surface area contributed by atoms with Gasteiger partial charge in [-0.15, -0.1) is 11.3 Å². The molecule has 5 heteroatoms. The van der Waals surface area contributed by atoms with Crippen molar-refractivity contribution in [2.75, 3.05) is 5.32 Å². The van der Waals surface area contributed by atoms with E-state index in [4.69, 9.17) is 0 Å². The van der Waals surface area contributed by atoms with E-state index in [-0.39, 0.29) is 6.04 Å². The van der Waals surface area contributed by atoms with Crippen molar-refractivity contribution < 1.29 is 0 Å². The number of thiazole rings is 1. The molecule has 1 unspecified atom stereocenters. The SMILES string of the molecule is CCn1cc(C)nc1NC(C)c1sc(C)nc1C. The number of imidazole rings is 1. The maximum atomic E-state index is 4.52. The summed E-state index contributed by atoms with van der Waals surface area (Å²) in [5.74, 6) is 0.938. The molecule has 1 atom stereocenters. The quantitative estimate of drug-likeness (QED) is 0.919. The number of hydrogen-bond acceptors (Lipinski definition) is 4. The molecule has 0 bridgehead atoms. The van der Waals surface area contributed by atoms with Crippen molar-refractivity contribution in [3.63, 3.8) is 0 Å². The smallest absolute Gasteiger partial charge is 0.203 e. The van der Waals surface area contributed by atoms with E-state index in [1.54, 1.807) is 11.3 Å². The minimum atomic E-state index is 0.239. The number of nitrogens with one attached hydrogen (secondary N) is 1. The Labute approximate surface area is 112 Å². The summed E-state index contributed by atoms with van der Waals surface area (Å²) in [6.07, 6.45) is 2.07. The summed E-state index contributed by atoms with van der Waals surface area (Å²) in [5.41, 5.74) is 2.16. The Kier molecular flexibility index (Phi) is 3.71. The van der Waals surface area contributed by atoms with Crippen LogP contribution in [-0.2, 0) is 6.54 Å². The summed E-state index contributed by atoms with van der Waals surface area (Å²) >= 11 is 1.75. The summed E-state index contributed by atoms with van der Waals surface area (Å²) in [5, 5.41) is 4.59. The van der Waals surface area contributed by atoms with Crippen LogP contribution >= 0.6 is 11.3 Å². The van der Waals surface area contributed by atoms with Crippen molar-refractivity contribution in [1.29, 1.82) is 0 Å². The van der Waals surface area contributed by atoms with Crippen molar-refractivity contribution in [3.05, 3.63) is 27.5 Å². The molecule has 0 aliphatic heterocycles. The van der Waals surface area contributed by atoms with Gasteiger partial charge in [0.2, 0.25) is 5.95 Å². The molecular weight excluding hydrogens is 244 g/mol. The average molecular weight is 264 g/mol. The van der Waals surface area contributed by atoms with Crippen LogP contribution in [0.2, 0.25) is 0 Å². The Morgan fingerprint density at radius 2 is 2.06 bits per heavy atom. The fourth-order valence-electron chi connectivity index (χ4n) is 2.11. The van der Waals surface area contributed by atoms with Gasteiger partial charge in [-0.25, -0.2) is 9.97 Å². The van der Waals surface area contributed by atoms with Crippen LogP contribution in [0.5, 0.6) is 0 Å². The minimum Gasteiger partial charge on any atom is -0.348 e. The van der Waals surface area contributed by atoms with Crippen molar-refractivity contribution in [1.82, 2.24) is 14.5 Å². The lowest BCUT2D eigenvalue weighted by Gasteiger charge is -2.14. The lowest BCUT2D eigenvalue weighted by Crippen LogP contribution is -2.11. The van der Waals surface area contributed by atoms with E-state index >= 15 is 0 Å². The highest BCUT2D eigenvalue weighted by molar-refractivity contribution is 7.11. The Bertz CT molecular complexity index is 541. The first-order chi connectivity index (χ1) is 8.51. The average Bonchev–Trinajstić information content (AvgIpc) is 2.81. The number of aromatic nitrogens is 3. The molecule has 1 N–H and O–H groups in total. The Balaban J connectivity index is 2.20. The fraction of sp³-hybridized carbons (Fsp3) is 0.538. The molecule has 0 fully saturated rings. The zero-order valence-electron chi connectivity index (χ0n) is 11.6. The molecule has 2 heterocycles. The van der Waals surface area contributed by atoms with Crippen LogP contribution in [0.4, 0.5) is 5.95 Å². The molecule has 0 saturated carbocycles. The van der Waals surface area contributed by atoms with E-state index in [2.05, 4.69) is 46.8 Å². The molecular formula is C13H20N4S. The number of anilines is 1. The molecule has 0 spiro atoms. The lowest BCUT2D eigenvalue weighted by atomic mass is 10.2. The topological polar surface area (TPSA) is 42.7 Å². The zero-order chi connectivity index (χ0) is 13.3. The normalized spacial score (nSPS) is 12.7. The van der Waals surface area contributed by atoms with Crippen LogP contribution < -0.4 is 5.32 Å². The standard InChI is InChI=1S/C13H20N4S/c1-6-17-7-8(2)14-13(17)16-10(4)12-9(3)15-11(5)18-12/h7,10H,6H2,1-5H3,(H,14,16). The van der Waals surface area contributed by atoms with Crippen LogP contribution in [0.1, 0.15) is 41.2 Å². The molecule has 0 radical (unpaired) electrons. The summed E-state index contributed by atoms with van der Waals surface area (Å²) < 4.78 is 2.13. The van der Waals surface area contributed by atoms with E-state index < -0.39 is 0 Å². The first-order valence-corrected chi connectivity index (χ1v) is 7.07. The van der Waals surface area contributed by atoms with Gasteiger partial charge in [-0.1, -0.05) is 0 Å². The lowest BCUT2D eigenvalue weighted by molar-refractivity contribution is 0.745. The number of rotatable bonds is 4. The molecule has 98 valence electrons. The highest BCUT2D eigenvalue weighted by atomic mass is 32.1. The van der Waals surface area contributed by atoms with Gasteiger partial charge < -0.3 is 9.88 Å². The largest absolute Gasteiger partial charge is 0.348 e. The van der Waals surface area contributed by atoms with E-state index in [9.17, 15) is 0 Å². The van der Waals surface area contributed by atoms with E-state index in [0.29, 0.717) is 0 Å². The zero-order valence-corrected chi connectivity index (χ0v) is 12.4. The molecule has 0 aliphatic carbocycles. The third-order valence-corrected chi connectivity index (χ3v) is 4.17. The predicted molar refractivity (Wildman–Crippen MR) is 76.3 cm³/mol. The molecule has 0 amide bonds. The third-order valence-electron chi connectivity index (χ3n) is 2.92. The Morgan fingerprint density at radius 3 is 2.61 bits per heavy atom. The van der Waals surface area contributed by atoms with Crippen molar-refractivity contribution in [3.8, 4) is 0 Å². The Hall–Kier alpha value is -1.36. The van der Waals surface area contributed by atoms with Gasteiger partial charge in [0.25, 0.3) is 0 Å². The van der Waals surface area contributed by atoms with Crippen LogP contribution in [-0.4, -0.2) is 14.5 Å². The second-order valence-corrected chi connectivity index (χ2v) is 5.78. The van der Waals surface area contributed by atoms with Crippen LogP contribution in [0.3, 0.4) is 0 Å². The number of nitrogens with zero attached hydrogens (tertiary/aromatic N) is 3.